The van der Waals surface area contributed by atoms with Gasteiger partial charge in [-0.05, 0) is 26.2 Å². The number of amides is 1. The van der Waals surface area contributed by atoms with Gasteiger partial charge in [0.15, 0.2) is 0 Å². The summed E-state index contributed by atoms with van der Waals surface area (Å²) in [6.45, 7) is 4.39. The van der Waals surface area contributed by atoms with Crippen LogP contribution in [0.2, 0.25) is 0 Å². The topological polar surface area (TPSA) is 64.6 Å². The predicted octanol–water partition coefficient (Wildman–Crippen LogP) is 1.40. The number of carbonyl (C=O) groups is 2. The molecule has 1 N–H and O–H groups in total. The van der Waals surface area contributed by atoms with E-state index >= 15 is 0 Å². The van der Waals surface area contributed by atoms with E-state index < -0.39 is 11.5 Å². The highest BCUT2D eigenvalue weighted by Crippen LogP contribution is 2.18. The molecule has 0 radical (unpaired) electrons. The molecule has 1 fully saturated rings. The molecule has 1 aliphatic heterocycles. The molecule has 1 aliphatic rings. The fraction of sp³-hybridized carbons (Fsp3) is 0.846. The monoisotopic (exact) mass is 257 g/mol. The first kappa shape index (κ1) is 15.0. The second-order valence-corrected chi connectivity index (χ2v) is 4.96. The number of esters is 1. The van der Waals surface area contributed by atoms with Crippen LogP contribution in [-0.2, 0) is 19.1 Å². The van der Waals surface area contributed by atoms with E-state index in [1.54, 1.807) is 6.92 Å². The molecule has 0 aromatic carbocycles. The van der Waals surface area contributed by atoms with Crippen LogP contribution >= 0.6 is 0 Å². The molecule has 104 valence electrons. The highest BCUT2D eigenvalue weighted by Gasteiger charge is 2.35. The molecule has 0 aliphatic carbocycles. The number of nitrogens with one attached hydrogen (secondary N) is 1. The largest absolute Gasteiger partial charge is 0.467 e. The molecule has 0 bridgehead atoms. The highest BCUT2D eigenvalue weighted by atomic mass is 16.5. The lowest BCUT2D eigenvalue weighted by Crippen LogP contribution is -2.53. The zero-order chi connectivity index (χ0) is 13.6. The van der Waals surface area contributed by atoms with Crippen LogP contribution in [0.4, 0.5) is 0 Å². The Balaban J connectivity index is 2.53. The lowest BCUT2D eigenvalue weighted by molar-refractivity contribution is -0.150. The highest BCUT2D eigenvalue weighted by molar-refractivity contribution is 5.87. The minimum atomic E-state index is -0.931. The third-order valence-corrected chi connectivity index (χ3v) is 3.24. The molecule has 5 nitrogen and oxygen atoms in total. The average molecular weight is 257 g/mol. The zero-order valence-corrected chi connectivity index (χ0v) is 11.5. The van der Waals surface area contributed by atoms with Gasteiger partial charge in [0.2, 0.25) is 5.91 Å². The van der Waals surface area contributed by atoms with Gasteiger partial charge in [0.25, 0.3) is 0 Å². The van der Waals surface area contributed by atoms with Crippen molar-refractivity contribution < 1.29 is 19.1 Å². The zero-order valence-electron chi connectivity index (χ0n) is 11.5. The Morgan fingerprint density at radius 2 is 2.22 bits per heavy atom. The van der Waals surface area contributed by atoms with Gasteiger partial charge in [-0.25, -0.2) is 4.79 Å². The smallest absolute Gasteiger partial charge is 0.331 e. The maximum Gasteiger partial charge on any atom is 0.331 e. The Kier molecular flexibility index (Phi) is 5.59. The number of hydrogen-bond donors (Lipinski definition) is 1. The first-order valence-corrected chi connectivity index (χ1v) is 6.53. The minimum absolute atomic E-state index is 0.00600. The molecule has 18 heavy (non-hydrogen) atoms. The number of hydrogen-bond acceptors (Lipinski definition) is 4. The van der Waals surface area contributed by atoms with Crippen LogP contribution < -0.4 is 5.32 Å². The van der Waals surface area contributed by atoms with E-state index in [1.807, 2.05) is 6.92 Å². The van der Waals surface area contributed by atoms with Gasteiger partial charge in [0.1, 0.15) is 5.54 Å². The van der Waals surface area contributed by atoms with Crippen molar-refractivity contribution in [3.05, 3.63) is 0 Å². The van der Waals surface area contributed by atoms with Gasteiger partial charge in [-0.15, -0.1) is 0 Å². The molecule has 1 amide bonds. The molecule has 0 aromatic rings. The standard InChI is InChI=1S/C13H23NO4/c1-4-7-13(2,12(16)17-3)14-11(15)9-10-6-5-8-18-10/h10H,4-9H2,1-3H3,(H,14,15). The van der Waals surface area contributed by atoms with E-state index in [0.29, 0.717) is 12.8 Å². The first-order chi connectivity index (χ1) is 8.51. The van der Waals surface area contributed by atoms with Crippen molar-refractivity contribution in [2.75, 3.05) is 13.7 Å². The molecule has 5 heteroatoms. The van der Waals surface area contributed by atoms with E-state index in [1.165, 1.54) is 7.11 Å². The van der Waals surface area contributed by atoms with Crippen molar-refractivity contribution in [3.8, 4) is 0 Å². The third-order valence-electron chi connectivity index (χ3n) is 3.24. The molecule has 0 saturated carbocycles. The lowest BCUT2D eigenvalue weighted by atomic mass is 9.95. The fourth-order valence-corrected chi connectivity index (χ4v) is 2.31. The number of rotatable bonds is 6. The van der Waals surface area contributed by atoms with Crippen LogP contribution in [0.5, 0.6) is 0 Å². The van der Waals surface area contributed by atoms with Gasteiger partial charge in [-0.3, -0.25) is 4.79 Å². The van der Waals surface area contributed by atoms with Gasteiger partial charge in [0.05, 0.1) is 19.6 Å². The average Bonchev–Trinajstić information content (AvgIpc) is 2.80. The van der Waals surface area contributed by atoms with Crippen LogP contribution in [0, 0.1) is 0 Å². The quantitative estimate of drug-likeness (QED) is 0.731. The second-order valence-electron chi connectivity index (χ2n) is 4.96. The summed E-state index contributed by atoms with van der Waals surface area (Å²) in [7, 11) is 1.34. The first-order valence-electron chi connectivity index (χ1n) is 6.53. The maximum atomic E-state index is 11.9. The Morgan fingerprint density at radius 1 is 1.50 bits per heavy atom. The van der Waals surface area contributed by atoms with Gasteiger partial charge >= 0.3 is 5.97 Å². The van der Waals surface area contributed by atoms with E-state index in [4.69, 9.17) is 9.47 Å². The Bertz CT molecular complexity index is 299. The van der Waals surface area contributed by atoms with Crippen LogP contribution in [-0.4, -0.2) is 37.2 Å². The summed E-state index contributed by atoms with van der Waals surface area (Å²) < 4.78 is 10.2. The van der Waals surface area contributed by atoms with Crippen molar-refractivity contribution in [3.63, 3.8) is 0 Å². The fourth-order valence-electron chi connectivity index (χ4n) is 2.31. The molecule has 2 atom stereocenters. The molecule has 1 saturated heterocycles. The Hall–Kier alpha value is -1.10. The minimum Gasteiger partial charge on any atom is -0.467 e. The van der Waals surface area contributed by atoms with Crippen molar-refractivity contribution in [2.45, 2.75) is 57.6 Å². The van der Waals surface area contributed by atoms with Gasteiger partial charge in [0, 0.05) is 6.61 Å². The van der Waals surface area contributed by atoms with Crippen LogP contribution in [0.1, 0.15) is 46.0 Å². The Morgan fingerprint density at radius 3 is 2.72 bits per heavy atom. The molecular formula is C13H23NO4. The van der Waals surface area contributed by atoms with E-state index in [-0.39, 0.29) is 12.0 Å². The summed E-state index contributed by atoms with van der Waals surface area (Å²) in [6, 6.07) is 0. The summed E-state index contributed by atoms with van der Waals surface area (Å²) in [5.41, 5.74) is -0.931. The summed E-state index contributed by atoms with van der Waals surface area (Å²) in [6.07, 6.45) is 3.59. The molecule has 0 aromatic heterocycles. The van der Waals surface area contributed by atoms with E-state index in [2.05, 4.69) is 5.32 Å². The molecule has 1 rings (SSSR count). The molecule has 2 unspecified atom stereocenters. The summed E-state index contributed by atoms with van der Waals surface area (Å²) in [5, 5.41) is 2.78. The van der Waals surface area contributed by atoms with Gasteiger partial charge in [-0.2, -0.15) is 0 Å². The van der Waals surface area contributed by atoms with Crippen molar-refractivity contribution in [1.82, 2.24) is 5.32 Å². The summed E-state index contributed by atoms with van der Waals surface area (Å²) >= 11 is 0. The third kappa shape index (κ3) is 3.98. The normalized spacial score (nSPS) is 22.3. The molecule has 1 heterocycles. The predicted molar refractivity (Wildman–Crippen MR) is 67.1 cm³/mol. The lowest BCUT2D eigenvalue weighted by Gasteiger charge is -2.28. The van der Waals surface area contributed by atoms with E-state index in [0.717, 1.165) is 25.9 Å². The van der Waals surface area contributed by atoms with Crippen LogP contribution in [0.3, 0.4) is 0 Å². The van der Waals surface area contributed by atoms with Crippen LogP contribution in [0.15, 0.2) is 0 Å². The second kappa shape index (κ2) is 6.73. The summed E-state index contributed by atoms with van der Waals surface area (Å²) in [5.74, 6) is -0.548. The maximum absolute atomic E-state index is 11.9. The van der Waals surface area contributed by atoms with Crippen molar-refractivity contribution in [2.24, 2.45) is 0 Å². The number of ether oxygens (including phenoxy) is 2. The SMILES string of the molecule is CCCC(C)(NC(=O)CC1CCCO1)C(=O)OC. The number of carbonyl (C=O) groups excluding carboxylic acids is 2. The van der Waals surface area contributed by atoms with Gasteiger partial charge < -0.3 is 14.8 Å². The molecular weight excluding hydrogens is 234 g/mol. The Labute approximate surface area is 108 Å². The number of methoxy groups -OCH3 is 1. The van der Waals surface area contributed by atoms with Crippen LogP contribution in [0.25, 0.3) is 0 Å². The summed E-state index contributed by atoms with van der Waals surface area (Å²) in [4.78, 5) is 23.6. The molecule has 0 spiro atoms. The van der Waals surface area contributed by atoms with E-state index in [9.17, 15) is 9.59 Å². The van der Waals surface area contributed by atoms with Crippen molar-refractivity contribution in [1.29, 1.82) is 0 Å². The van der Waals surface area contributed by atoms with Gasteiger partial charge in [-0.1, -0.05) is 13.3 Å². The van der Waals surface area contributed by atoms with Crippen molar-refractivity contribution >= 4 is 11.9 Å².